The number of halogens is 1. The first-order chi connectivity index (χ1) is 11.1. The van der Waals surface area contributed by atoms with E-state index in [-0.39, 0.29) is 5.41 Å². The van der Waals surface area contributed by atoms with Gasteiger partial charge in [0, 0.05) is 26.8 Å². The summed E-state index contributed by atoms with van der Waals surface area (Å²) in [5.74, 6) is 0. The summed E-state index contributed by atoms with van der Waals surface area (Å²) in [6, 6.07) is 18.8. The molecule has 0 amide bonds. The SMILES string of the molecule is CC1(C)c2ccc(Cl)cc2-c2ccc3c(oc4ccccc43)c21. The van der Waals surface area contributed by atoms with Crippen molar-refractivity contribution in [2.45, 2.75) is 19.3 Å². The van der Waals surface area contributed by atoms with Gasteiger partial charge in [0.25, 0.3) is 0 Å². The number of hydrogen-bond donors (Lipinski definition) is 0. The van der Waals surface area contributed by atoms with Gasteiger partial charge in [0.15, 0.2) is 0 Å². The minimum absolute atomic E-state index is 0.0946. The highest BCUT2D eigenvalue weighted by molar-refractivity contribution is 6.31. The van der Waals surface area contributed by atoms with Gasteiger partial charge in [0.2, 0.25) is 0 Å². The molecule has 0 spiro atoms. The molecular weight excluding hydrogens is 304 g/mol. The Bertz CT molecular complexity index is 1100. The zero-order valence-electron chi connectivity index (χ0n) is 13.0. The maximum absolute atomic E-state index is 6.26. The maximum atomic E-state index is 6.26. The zero-order chi connectivity index (χ0) is 15.8. The van der Waals surface area contributed by atoms with Gasteiger partial charge in [-0.2, -0.15) is 0 Å². The van der Waals surface area contributed by atoms with Gasteiger partial charge in [-0.25, -0.2) is 0 Å². The van der Waals surface area contributed by atoms with Gasteiger partial charge in [-0.15, -0.1) is 0 Å². The largest absolute Gasteiger partial charge is 0.456 e. The molecule has 1 heterocycles. The molecular formula is C21H15ClO. The van der Waals surface area contributed by atoms with Crippen molar-refractivity contribution < 1.29 is 4.42 Å². The fourth-order valence-electron chi connectivity index (χ4n) is 4.05. The molecule has 1 aromatic heterocycles. The number of fused-ring (bicyclic) bond motifs is 7. The molecule has 0 saturated heterocycles. The van der Waals surface area contributed by atoms with Crippen LogP contribution in [-0.2, 0) is 5.41 Å². The molecule has 0 N–H and O–H groups in total. The molecule has 3 aromatic carbocycles. The van der Waals surface area contributed by atoms with Crippen LogP contribution in [0.15, 0.2) is 59.0 Å². The summed E-state index contributed by atoms with van der Waals surface area (Å²) in [6.07, 6.45) is 0. The molecule has 0 aliphatic heterocycles. The van der Waals surface area contributed by atoms with Gasteiger partial charge in [0.05, 0.1) is 0 Å². The van der Waals surface area contributed by atoms with Gasteiger partial charge < -0.3 is 4.42 Å². The van der Waals surface area contributed by atoms with Crippen molar-refractivity contribution in [2.24, 2.45) is 0 Å². The molecule has 1 aliphatic rings. The molecule has 2 heteroatoms. The van der Waals surface area contributed by atoms with Crippen molar-refractivity contribution in [3.63, 3.8) is 0 Å². The van der Waals surface area contributed by atoms with Crippen LogP contribution in [0, 0.1) is 0 Å². The van der Waals surface area contributed by atoms with E-state index in [1.54, 1.807) is 0 Å². The van der Waals surface area contributed by atoms with Crippen molar-refractivity contribution in [1.29, 1.82) is 0 Å². The molecule has 0 fully saturated rings. The molecule has 112 valence electrons. The second-order valence-electron chi connectivity index (χ2n) is 6.78. The molecule has 0 bridgehead atoms. The van der Waals surface area contributed by atoms with Crippen LogP contribution in [-0.4, -0.2) is 0 Å². The Morgan fingerprint density at radius 2 is 1.70 bits per heavy atom. The average molecular weight is 319 g/mol. The predicted molar refractivity (Wildman–Crippen MR) is 96.3 cm³/mol. The molecule has 1 nitrogen and oxygen atoms in total. The Balaban J connectivity index is 1.97. The third kappa shape index (κ3) is 1.58. The lowest BCUT2D eigenvalue weighted by atomic mass is 9.82. The fraction of sp³-hybridized carbons (Fsp3) is 0.143. The molecule has 1 aliphatic carbocycles. The molecule has 0 unspecified atom stereocenters. The van der Waals surface area contributed by atoms with Crippen molar-refractivity contribution in [1.82, 2.24) is 0 Å². The lowest BCUT2D eigenvalue weighted by Gasteiger charge is -2.21. The van der Waals surface area contributed by atoms with Crippen LogP contribution in [0.3, 0.4) is 0 Å². The third-order valence-corrected chi connectivity index (χ3v) is 5.35. The molecule has 0 atom stereocenters. The van der Waals surface area contributed by atoms with Crippen molar-refractivity contribution in [3.05, 3.63) is 70.7 Å². The summed E-state index contributed by atoms with van der Waals surface area (Å²) in [6.45, 7) is 4.52. The Hall–Kier alpha value is -2.25. The highest BCUT2D eigenvalue weighted by Crippen LogP contribution is 2.52. The van der Waals surface area contributed by atoms with E-state index in [1.165, 1.54) is 33.0 Å². The van der Waals surface area contributed by atoms with Crippen LogP contribution < -0.4 is 0 Å². The molecule has 23 heavy (non-hydrogen) atoms. The van der Waals surface area contributed by atoms with Crippen LogP contribution in [0.2, 0.25) is 5.02 Å². The standard InChI is InChI=1S/C21H15ClO/c1-21(2)17-10-7-12(22)11-16(17)14-8-9-15-13-5-3-4-6-18(13)23-20(15)19(14)21/h3-11H,1-2H3. The fourth-order valence-corrected chi connectivity index (χ4v) is 4.22. The number of furan rings is 1. The van der Waals surface area contributed by atoms with E-state index >= 15 is 0 Å². The highest BCUT2D eigenvalue weighted by atomic mass is 35.5. The van der Waals surface area contributed by atoms with E-state index in [4.69, 9.17) is 16.0 Å². The summed E-state index contributed by atoms with van der Waals surface area (Å²) in [5, 5.41) is 3.14. The summed E-state index contributed by atoms with van der Waals surface area (Å²) in [5.41, 5.74) is 6.89. The van der Waals surface area contributed by atoms with E-state index in [0.717, 1.165) is 16.2 Å². The summed E-state index contributed by atoms with van der Waals surface area (Å²) < 4.78 is 6.26. The van der Waals surface area contributed by atoms with E-state index < -0.39 is 0 Å². The number of rotatable bonds is 0. The lowest BCUT2D eigenvalue weighted by Crippen LogP contribution is -2.15. The number of benzene rings is 3. The monoisotopic (exact) mass is 318 g/mol. The van der Waals surface area contributed by atoms with Crippen LogP contribution in [0.1, 0.15) is 25.0 Å². The van der Waals surface area contributed by atoms with Crippen LogP contribution >= 0.6 is 11.6 Å². The van der Waals surface area contributed by atoms with Gasteiger partial charge >= 0.3 is 0 Å². The maximum Gasteiger partial charge on any atom is 0.140 e. The number of para-hydroxylation sites is 1. The first-order valence-corrected chi connectivity index (χ1v) is 8.20. The molecule has 0 radical (unpaired) electrons. The highest BCUT2D eigenvalue weighted by Gasteiger charge is 2.38. The predicted octanol–water partition coefficient (Wildman–Crippen LogP) is 6.55. The van der Waals surface area contributed by atoms with Gasteiger partial charge in [-0.05, 0) is 41.0 Å². The topological polar surface area (TPSA) is 13.1 Å². The van der Waals surface area contributed by atoms with E-state index in [9.17, 15) is 0 Å². The van der Waals surface area contributed by atoms with E-state index in [2.05, 4.69) is 50.2 Å². The lowest BCUT2D eigenvalue weighted by molar-refractivity contribution is 0.620. The minimum atomic E-state index is -0.0946. The minimum Gasteiger partial charge on any atom is -0.456 e. The first kappa shape index (κ1) is 13.2. The summed E-state index contributed by atoms with van der Waals surface area (Å²) >= 11 is 6.24. The molecule has 4 aromatic rings. The van der Waals surface area contributed by atoms with Gasteiger partial charge in [-0.3, -0.25) is 0 Å². The zero-order valence-corrected chi connectivity index (χ0v) is 13.7. The Morgan fingerprint density at radius 1 is 0.870 bits per heavy atom. The Morgan fingerprint density at radius 3 is 2.57 bits per heavy atom. The molecule has 0 saturated carbocycles. The van der Waals surface area contributed by atoms with Crippen LogP contribution in [0.4, 0.5) is 0 Å². The van der Waals surface area contributed by atoms with Gasteiger partial charge in [0.1, 0.15) is 11.2 Å². The van der Waals surface area contributed by atoms with Crippen LogP contribution in [0.25, 0.3) is 33.1 Å². The van der Waals surface area contributed by atoms with E-state index in [0.29, 0.717) is 0 Å². The average Bonchev–Trinajstić information content (AvgIpc) is 3.01. The Kier molecular flexibility index (Phi) is 2.40. The Labute approximate surface area is 139 Å². The van der Waals surface area contributed by atoms with Gasteiger partial charge in [-0.1, -0.05) is 55.8 Å². The normalized spacial score (nSPS) is 15.1. The second kappa shape index (κ2) is 4.18. The smallest absolute Gasteiger partial charge is 0.140 e. The summed E-state index contributed by atoms with van der Waals surface area (Å²) in [7, 11) is 0. The number of hydrogen-bond acceptors (Lipinski definition) is 1. The van der Waals surface area contributed by atoms with Crippen LogP contribution in [0.5, 0.6) is 0 Å². The van der Waals surface area contributed by atoms with Crippen molar-refractivity contribution in [3.8, 4) is 11.1 Å². The van der Waals surface area contributed by atoms with E-state index in [1.807, 2.05) is 18.2 Å². The third-order valence-electron chi connectivity index (χ3n) is 5.12. The quantitative estimate of drug-likeness (QED) is 0.358. The van der Waals surface area contributed by atoms with Crippen molar-refractivity contribution >= 4 is 33.5 Å². The second-order valence-corrected chi connectivity index (χ2v) is 7.21. The first-order valence-electron chi connectivity index (χ1n) is 7.82. The van der Waals surface area contributed by atoms with Crippen molar-refractivity contribution in [2.75, 3.05) is 0 Å². The summed E-state index contributed by atoms with van der Waals surface area (Å²) in [4.78, 5) is 0. The molecule has 5 rings (SSSR count).